The minimum atomic E-state index is -0.320. The number of carbonyl (C=O) groups excluding carboxylic acids is 1. The lowest BCUT2D eigenvalue weighted by Crippen LogP contribution is -1.97. The molecule has 3 nitrogen and oxygen atoms in total. The molecule has 0 saturated heterocycles. The number of aromatic nitrogens is 1. The highest BCUT2D eigenvalue weighted by atomic mass is 16.5. The van der Waals surface area contributed by atoms with Gasteiger partial charge in [0.05, 0.1) is 5.57 Å². The van der Waals surface area contributed by atoms with Gasteiger partial charge < -0.3 is 4.74 Å². The van der Waals surface area contributed by atoms with E-state index in [-0.39, 0.29) is 5.97 Å². The highest BCUT2D eigenvalue weighted by molar-refractivity contribution is 6.05. The second-order valence-corrected chi connectivity index (χ2v) is 5.56. The molecule has 3 heteroatoms. The monoisotopic (exact) mass is 291 g/mol. The van der Waals surface area contributed by atoms with Gasteiger partial charge in [-0.3, -0.25) is 4.98 Å². The van der Waals surface area contributed by atoms with E-state index in [1.54, 1.807) is 24.5 Å². The van der Waals surface area contributed by atoms with Crippen LogP contribution in [0.1, 0.15) is 36.5 Å². The first-order chi connectivity index (χ1) is 10.6. The Morgan fingerprint density at radius 1 is 1.05 bits per heavy atom. The molecule has 0 fully saturated rings. The fourth-order valence-electron chi connectivity index (χ4n) is 2.30. The van der Waals surface area contributed by atoms with E-state index < -0.39 is 0 Å². The van der Waals surface area contributed by atoms with Crippen molar-refractivity contribution in [2.45, 2.75) is 19.8 Å². The summed E-state index contributed by atoms with van der Waals surface area (Å²) in [6.07, 6.45) is 6.98. The van der Waals surface area contributed by atoms with Gasteiger partial charge in [0.25, 0.3) is 0 Å². The molecule has 0 aliphatic carbocycles. The summed E-state index contributed by atoms with van der Waals surface area (Å²) >= 11 is 0. The van der Waals surface area contributed by atoms with Gasteiger partial charge in [-0.25, -0.2) is 4.79 Å². The number of hydrogen-bond acceptors (Lipinski definition) is 3. The van der Waals surface area contributed by atoms with Gasteiger partial charge in [0.2, 0.25) is 0 Å². The normalized spacial score (nSPS) is 16.0. The molecule has 1 aromatic heterocycles. The number of carbonyl (C=O) groups is 1. The third kappa shape index (κ3) is 2.98. The maximum atomic E-state index is 12.0. The zero-order valence-corrected chi connectivity index (χ0v) is 12.6. The van der Waals surface area contributed by atoms with Crippen molar-refractivity contribution < 1.29 is 9.53 Å². The SMILES string of the molecule is CC(C)c1ccc(C2=CC(=Cc3ccncc3)C(=O)O2)cc1. The Bertz CT molecular complexity index is 741. The Hall–Kier alpha value is -2.68. The van der Waals surface area contributed by atoms with E-state index in [9.17, 15) is 4.79 Å². The van der Waals surface area contributed by atoms with Crippen LogP contribution in [0.5, 0.6) is 0 Å². The molecule has 2 aromatic rings. The van der Waals surface area contributed by atoms with Crippen molar-refractivity contribution in [1.82, 2.24) is 4.98 Å². The van der Waals surface area contributed by atoms with E-state index >= 15 is 0 Å². The predicted octanol–water partition coefficient (Wildman–Crippen LogP) is 4.19. The van der Waals surface area contributed by atoms with Crippen LogP contribution >= 0.6 is 0 Å². The average molecular weight is 291 g/mol. The summed E-state index contributed by atoms with van der Waals surface area (Å²) in [4.78, 5) is 15.9. The number of rotatable bonds is 3. The molecule has 110 valence electrons. The maximum absolute atomic E-state index is 12.0. The molecular weight excluding hydrogens is 274 g/mol. The Kier molecular flexibility index (Phi) is 3.88. The van der Waals surface area contributed by atoms with Crippen molar-refractivity contribution in [3.63, 3.8) is 0 Å². The topological polar surface area (TPSA) is 39.2 Å². The standard InChI is InChI=1S/C19H17NO2/c1-13(2)15-3-5-16(6-4-15)18-12-17(19(21)22-18)11-14-7-9-20-10-8-14/h3-13H,1-2H3. The van der Waals surface area contributed by atoms with Gasteiger partial charge in [-0.05, 0) is 41.3 Å². The Morgan fingerprint density at radius 2 is 1.73 bits per heavy atom. The van der Waals surface area contributed by atoms with Gasteiger partial charge in [0.15, 0.2) is 0 Å². The van der Waals surface area contributed by atoms with Crippen molar-refractivity contribution in [2.75, 3.05) is 0 Å². The number of hydrogen-bond donors (Lipinski definition) is 0. The lowest BCUT2D eigenvalue weighted by atomic mass is 10.0. The number of ether oxygens (including phenoxy) is 1. The fourth-order valence-corrected chi connectivity index (χ4v) is 2.30. The van der Waals surface area contributed by atoms with E-state index in [1.807, 2.05) is 24.3 Å². The second kappa shape index (κ2) is 5.98. The summed E-state index contributed by atoms with van der Waals surface area (Å²) in [5, 5.41) is 0. The molecule has 22 heavy (non-hydrogen) atoms. The van der Waals surface area contributed by atoms with Gasteiger partial charge in [-0.1, -0.05) is 38.1 Å². The molecule has 3 rings (SSSR count). The van der Waals surface area contributed by atoms with Crippen LogP contribution in [0.15, 0.2) is 60.4 Å². The van der Waals surface area contributed by atoms with E-state index in [2.05, 4.69) is 31.0 Å². The fraction of sp³-hybridized carbons (Fsp3) is 0.158. The third-order valence-corrected chi connectivity index (χ3v) is 3.62. The smallest absolute Gasteiger partial charge is 0.343 e. The summed E-state index contributed by atoms with van der Waals surface area (Å²) in [6.45, 7) is 4.30. The van der Waals surface area contributed by atoms with Crippen LogP contribution in [0.3, 0.4) is 0 Å². The van der Waals surface area contributed by atoms with Crippen LogP contribution in [0, 0.1) is 0 Å². The number of nitrogens with zero attached hydrogens (tertiary/aromatic N) is 1. The maximum Gasteiger partial charge on any atom is 0.343 e. The predicted molar refractivity (Wildman–Crippen MR) is 86.8 cm³/mol. The highest BCUT2D eigenvalue weighted by Gasteiger charge is 2.21. The van der Waals surface area contributed by atoms with Gasteiger partial charge >= 0.3 is 5.97 Å². The Balaban J connectivity index is 1.88. The van der Waals surface area contributed by atoms with Gasteiger partial charge in [0, 0.05) is 18.0 Å². The van der Waals surface area contributed by atoms with Crippen LogP contribution in [-0.2, 0) is 9.53 Å². The van der Waals surface area contributed by atoms with Crippen molar-refractivity contribution >= 4 is 17.8 Å². The lowest BCUT2D eigenvalue weighted by molar-refractivity contribution is -0.130. The van der Waals surface area contributed by atoms with Crippen LogP contribution in [0.25, 0.3) is 11.8 Å². The second-order valence-electron chi connectivity index (χ2n) is 5.56. The molecule has 0 amide bonds. The van der Waals surface area contributed by atoms with Crippen molar-refractivity contribution in [3.8, 4) is 0 Å². The zero-order chi connectivity index (χ0) is 15.5. The molecule has 2 heterocycles. The number of benzene rings is 1. The summed E-state index contributed by atoms with van der Waals surface area (Å²) in [5.74, 6) is 0.761. The minimum absolute atomic E-state index is 0.320. The highest BCUT2D eigenvalue weighted by Crippen LogP contribution is 2.28. The van der Waals surface area contributed by atoms with E-state index in [1.165, 1.54) is 5.56 Å². The van der Waals surface area contributed by atoms with Crippen molar-refractivity contribution in [1.29, 1.82) is 0 Å². The summed E-state index contributed by atoms with van der Waals surface area (Å²) in [6, 6.07) is 11.8. The molecule has 0 N–H and O–H groups in total. The number of esters is 1. The molecule has 0 atom stereocenters. The van der Waals surface area contributed by atoms with Gasteiger partial charge in [0.1, 0.15) is 5.76 Å². The van der Waals surface area contributed by atoms with Crippen LogP contribution in [0.2, 0.25) is 0 Å². The largest absolute Gasteiger partial charge is 0.422 e. The van der Waals surface area contributed by atoms with E-state index in [0.29, 0.717) is 17.3 Å². The quantitative estimate of drug-likeness (QED) is 0.629. The molecule has 0 radical (unpaired) electrons. The van der Waals surface area contributed by atoms with Crippen molar-refractivity contribution in [2.24, 2.45) is 0 Å². The first kappa shape index (κ1) is 14.3. The average Bonchev–Trinajstić information content (AvgIpc) is 2.89. The van der Waals surface area contributed by atoms with Gasteiger partial charge in [-0.2, -0.15) is 0 Å². The minimum Gasteiger partial charge on any atom is -0.422 e. The van der Waals surface area contributed by atoms with Crippen LogP contribution < -0.4 is 0 Å². The number of pyridine rings is 1. The zero-order valence-electron chi connectivity index (χ0n) is 12.6. The molecular formula is C19H17NO2. The first-order valence-corrected chi connectivity index (χ1v) is 7.29. The first-order valence-electron chi connectivity index (χ1n) is 7.29. The number of cyclic esters (lactones) is 1. The Morgan fingerprint density at radius 3 is 2.36 bits per heavy atom. The summed E-state index contributed by atoms with van der Waals surface area (Å²) in [7, 11) is 0. The molecule has 1 aliphatic rings. The van der Waals surface area contributed by atoms with Crippen molar-refractivity contribution in [3.05, 3.63) is 77.1 Å². The van der Waals surface area contributed by atoms with Crippen LogP contribution in [-0.4, -0.2) is 11.0 Å². The molecule has 0 spiro atoms. The van der Waals surface area contributed by atoms with Crippen LogP contribution in [0.4, 0.5) is 0 Å². The molecule has 0 unspecified atom stereocenters. The van der Waals surface area contributed by atoms with E-state index in [4.69, 9.17) is 4.74 Å². The third-order valence-electron chi connectivity index (χ3n) is 3.62. The van der Waals surface area contributed by atoms with E-state index in [0.717, 1.165) is 11.1 Å². The van der Waals surface area contributed by atoms with Gasteiger partial charge in [-0.15, -0.1) is 0 Å². The molecule has 0 bridgehead atoms. The lowest BCUT2D eigenvalue weighted by Gasteiger charge is -2.06. The summed E-state index contributed by atoms with van der Waals surface area (Å²) in [5.41, 5.74) is 3.65. The molecule has 0 saturated carbocycles. The molecule has 1 aromatic carbocycles. The summed E-state index contributed by atoms with van der Waals surface area (Å²) < 4.78 is 5.37. The Labute approximate surface area is 130 Å². The molecule has 1 aliphatic heterocycles.